The highest BCUT2D eigenvalue weighted by molar-refractivity contribution is 6.16. The van der Waals surface area contributed by atoms with Gasteiger partial charge < -0.3 is 9.64 Å². The summed E-state index contributed by atoms with van der Waals surface area (Å²) in [4.78, 5) is 41.2. The number of hydrogen-bond acceptors (Lipinski definition) is 4. The fraction of sp³-hybridized carbons (Fsp3) is 0.500. The van der Waals surface area contributed by atoms with Crippen molar-refractivity contribution in [3.05, 3.63) is 41.5 Å². The number of rotatable bonds is 4. The Bertz CT molecular complexity index is 858. The van der Waals surface area contributed by atoms with Gasteiger partial charge in [0, 0.05) is 24.6 Å². The van der Waals surface area contributed by atoms with Crippen LogP contribution < -0.4 is 4.90 Å². The van der Waals surface area contributed by atoms with Gasteiger partial charge in [-0.2, -0.15) is 0 Å². The normalized spacial score (nSPS) is 32.6. The Labute approximate surface area is 159 Å². The van der Waals surface area contributed by atoms with E-state index in [1.54, 1.807) is 18.9 Å². The number of unbranched alkanes of at least 4 members (excludes halogenated alkanes) is 1. The van der Waals surface area contributed by atoms with Gasteiger partial charge in [0.15, 0.2) is 5.78 Å². The number of anilines is 1. The van der Waals surface area contributed by atoms with Crippen LogP contribution in [0.5, 0.6) is 0 Å². The maximum atomic E-state index is 13.6. The Hall–Kier alpha value is -2.43. The summed E-state index contributed by atoms with van der Waals surface area (Å²) >= 11 is 0. The lowest BCUT2D eigenvalue weighted by atomic mass is 9.60. The number of likely N-dealkylation sites (N-methyl/N-ethyl adjacent to an activating group) is 1. The van der Waals surface area contributed by atoms with E-state index in [1.807, 2.05) is 30.3 Å². The second-order valence-corrected chi connectivity index (χ2v) is 7.69. The standard InChI is InChI=1S/C22H25NO4/c1-4-6-9-13-16-12-14(19(13)24)18(20(25)27-5-2)22(16)15-10-7-8-11-17(15)23(3)21(22)26/h7-11,14,16,18H,4-6,12H2,1-3H3/b13-9+/t14-,16-,18-,22+/m0/s1. The molecule has 0 saturated heterocycles. The smallest absolute Gasteiger partial charge is 0.311 e. The molecule has 1 aliphatic heterocycles. The molecule has 142 valence electrons. The van der Waals surface area contributed by atoms with Gasteiger partial charge in [0.25, 0.3) is 0 Å². The zero-order valence-corrected chi connectivity index (χ0v) is 16.0. The van der Waals surface area contributed by atoms with Gasteiger partial charge in [-0.3, -0.25) is 14.4 Å². The first-order valence-electron chi connectivity index (χ1n) is 9.78. The van der Waals surface area contributed by atoms with E-state index in [-0.39, 0.29) is 24.2 Å². The molecular formula is C22H25NO4. The average molecular weight is 367 g/mol. The monoisotopic (exact) mass is 367 g/mol. The number of fused-ring (bicyclic) bond motifs is 5. The van der Waals surface area contributed by atoms with Crippen molar-refractivity contribution in [3.8, 4) is 0 Å². The third-order valence-corrected chi connectivity index (χ3v) is 6.49. The summed E-state index contributed by atoms with van der Waals surface area (Å²) < 4.78 is 5.35. The van der Waals surface area contributed by atoms with Crippen LogP contribution in [0, 0.1) is 17.8 Å². The maximum absolute atomic E-state index is 13.6. The first-order valence-corrected chi connectivity index (χ1v) is 9.78. The van der Waals surface area contributed by atoms with Gasteiger partial charge in [0.05, 0.1) is 17.9 Å². The van der Waals surface area contributed by atoms with Crippen molar-refractivity contribution in [2.75, 3.05) is 18.6 Å². The summed E-state index contributed by atoms with van der Waals surface area (Å²) in [6, 6.07) is 7.64. The number of benzene rings is 1. The largest absolute Gasteiger partial charge is 0.466 e. The highest BCUT2D eigenvalue weighted by atomic mass is 16.5. The number of ether oxygens (including phenoxy) is 1. The van der Waals surface area contributed by atoms with Crippen molar-refractivity contribution >= 4 is 23.3 Å². The Balaban J connectivity index is 1.94. The second-order valence-electron chi connectivity index (χ2n) is 7.69. The van der Waals surface area contributed by atoms with E-state index >= 15 is 0 Å². The SMILES string of the molecule is CCC/C=C1/C(=O)[C@H]2C[C@@H]1[C@@]1(C(=O)N(C)c3ccccc31)[C@@H]2C(=O)OCC. The van der Waals surface area contributed by atoms with Crippen LogP contribution in [0.3, 0.4) is 0 Å². The molecule has 1 aromatic rings. The molecule has 3 aliphatic rings. The van der Waals surface area contributed by atoms with Crippen LogP contribution in [0.25, 0.3) is 0 Å². The highest BCUT2D eigenvalue weighted by Gasteiger charge is 2.73. The molecule has 2 bridgehead atoms. The molecule has 1 aromatic carbocycles. The minimum absolute atomic E-state index is 0.0250. The van der Waals surface area contributed by atoms with Crippen LogP contribution in [-0.4, -0.2) is 31.3 Å². The molecule has 4 atom stereocenters. The van der Waals surface area contributed by atoms with Crippen molar-refractivity contribution < 1.29 is 19.1 Å². The number of Topliss-reactive ketones (excluding diaryl/α,β-unsaturated/α-hetero) is 1. The fourth-order valence-electron chi connectivity index (χ4n) is 5.51. The van der Waals surface area contributed by atoms with Crippen LogP contribution in [0.1, 0.15) is 38.7 Å². The predicted molar refractivity (Wildman–Crippen MR) is 101 cm³/mol. The zero-order valence-electron chi connectivity index (χ0n) is 16.0. The van der Waals surface area contributed by atoms with Gasteiger partial charge in [-0.1, -0.05) is 37.6 Å². The Morgan fingerprint density at radius 1 is 1.30 bits per heavy atom. The van der Waals surface area contributed by atoms with Crippen LogP contribution in [0.15, 0.2) is 35.9 Å². The molecule has 2 fully saturated rings. The number of amides is 1. The molecule has 5 nitrogen and oxygen atoms in total. The first kappa shape index (κ1) is 18.0. The number of hydrogen-bond donors (Lipinski definition) is 0. The summed E-state index contributed by atoms with van der Waals surface area (Å²) in [5, 5.41) is 0. The lowest BCUT2D eigenvalue weighted by molar-refractivity contribution is -0.156. The van der Waals surface area contributed by atoms with Gasteiger partial charge in [-0.25, -0.2) is 0 Å². The minimum Gasteiger partial charge on any atom is -0.466 e. The van der Waals surface area contributed by atoms with Crippen LogP contribution in [0.2, 0.25) is 0 Å². The van der Waals surface area contributed by atoms with E-state index < -0.39 is 23.2 Å². The van der Waals surface area contributed by atoms with Gasteiger partial charge in [-0.15, -0.1) is 0 Å². The van der Waals surface area contributed by atoms with E-state index in [1.165, 1.54) is 0 Å². The van der Waals surface area contributed by atoms with Gasteiger partial charge in [0.2, 0.25) is 5.91 Å². The van der Waals surface area contributed by atoms with Crippen molar-refractivity contribution in [1.29, 1.82) is 0 Å². The van der Waals surface area contributed by atoms with Crippen LogP contribution >= 0.6 is 0 Å². The molecule has 0 aromatic heterocycles. The molecule has 0 radical (unpaired) electrons. The quantitative estimate of drug-likeness (QED) is 0.606. The van der Waals surface area contributed by atoms with Crippen molar-refractivity contribution in [1.82, 2.24) is 0 Å². The van der Waals surface area contributed by atoms with E-state index in [4.69, 9.17) is 4.74 Å². The third kappa shape index (κ3) is 2.14. The summed E-state index contributed by atoms with van der Waals surface area (Å²) in [7, 11) is 1.75. The van der Waals surface area contributed by atoms with Gasteiger partial charge in [-0.05, 0) is 37.0 Å². The number of para-hydroxylation sites is 1. The first-order chi connectivity index (χ1) is 13.0. The molecule has 1 amide bonds. The molecule has 4 rings (SSSR count). The Morgan fingerprint density at radius 2 is 2.04 bits per heavy atom. The van der Waals surface area contributed by atoms with Crippen LogP contribution in [-0.2, 0) is 24.5 Å². The summed E-state index contributed by atoms with van der Waals surface area (Å²) in [5.74, 6) is -1.96. The topological polar surface area (TPSA) is 63.7 Å². The molecule has 1 spiro atoms. The fourth-order valence-corrected chi connectivity index (χ4v) is 5.51. The summed E-state index contributed by atoms with van der Waals surface area (Å²) in [6.45, 7) is 4.06. The van der Waals surface area contributed by atoms with Gasteiger partial charge >= 0.3 is 5.97 Å². The average Bonchev–Trinajstić information content (AvgIpc) is 3.25. The zero-order chi connectivity index (χ0) is 19.3. The summed E-state index contributed by atoms with van der Waals surface area (Å²) in [5.41, 5.74) is 1.40. The molecular weight excluding hydrogens is 342 g/mol. The molecule has 2 saturated carbocycles. The van der Waals surface area contributed by atoms with Crippen molar-refractivity contribution in [2.24, 2.45) is 17.8 Å². The number of carbonyl (C=O) groups is 3. The van der Waals surface area contributed by atoms with E-state index in [9.17, 15) is 14.4 Å². The number of nitrogens with zero attached hydrogens (tertiary/aromatic N) is 1. The van der Waals surface area contributed by atoms with Crippen molar-refractivity contribution in [2.45, 2.75) is 38.5 Å². The van der Waals surface area contributed by atoms with Crippen LogP contribution in [0.4, 0.5) is 5.69 Å². The van der Waals surface area contributed by atoms with E-state index in [2.05, 4.69) is 6.92 Å². The number of carbonyl (C=O) groups excluding carboxylic acids is 3. The Kier molecular flexibility index (Phi) is 4.21. The minimum atomic E-state index is -1.02. The highest BCUT2D eigenvalue weighted by Crippen LogP contribution is 2.65. The predicted octanol–water partition coefficient (Wildman–Crippen LogP) is 3.03. The number of ketones is 1. The summed E-state index contributed by atoms with van der Waals surface area (Å²) in [6.07, 6.45) is 4.28. The van der Waals surface area contributed by atoms with Crippen molar-refractivity contribution in [3.63, 3.8) is 0 Å². The third-order valence-electron chi connectivity index (χ3n) is 6.49. The number of esters is 1. The maximum Gasteiger partial charge on any atom is 0.311 e. The molecule has 5 heteroatoms. The molecule has 0 unspecified atom stereocenters. The second kappa shape index (κ2) is 6.32. The van der Waals surface area contributed by atoms with Gasteiger partial charge in [0.1, 0.15) is 0 Å². The molecule has 1 heterocycles. The molecule has 27 heavy (non-hydrogen) atoms. The Morgan fingerprint density at radius 3 is 2.74 bits per heavy atom. The van der Waals surface area contributed by atoms with E-state index in [0.29, 0.717) is 6.42 Å². The molecule has 0 N–H and O–H groups in total. The lowest BCUT2D eigenvalue weighted by Crippen LogP contribution is -2.54. The number of allylic oxidation sites excluding steroid dienone is 2. The molecule has 2 aliphatic carbocycles. The lowest BCUT2D eigenvalue weighted by Gasteiger charge is -2.39. The van der Waals surface area contributed by atoms with E-state index in [0.717, 1.165) is 29.7 Å².